The van der Waals surface area contributed by atoms with Gasteiger partial charge in [-0.15, -0.1) is 11.3 Å². The zero-order valence-corrected chi connectivity index (χ0v) is 16.2. The average molecular weight is 388 g/mol. The van der Waals surface area contributed by atoms with Crippen molar-refractivity contribution in [3.8, 4) is 0 Å². The second-order valence-corrected chi connectivity index (χ2v) is 7.75. The maximum atomic E-state index is 14.0. The molecule has 1 saturated heterocycles. The van der Waals surface area contributed by atoms with Crippen molar-refractivity contribution in [1.82, 2.24) is 9.80 Å². The van der Waals surface area contributed by atoms with Gasteiger partial charge in [-0.05, 0) is 44.1 Å². The molecule has 0 saturated carbocycles. The summed E-state index contributed by atoms with van der Waals surface area (Å²) in [6.07, 6.45) is 0. The summed E-state index contributed by atoms with van der Waals surface area (Å²) in [6.45, 7) is 2.54. The number of ketones is 1. The minimum absolute atomic E-state index is 0.00413. The molecule has 142 valence electrons. The van der Waals surface area contributed by atoms with Gasteiger partial charge in [0.1, 0.15) is 11.6 Å². The summed E-state index contributed by atoms with van der Waals surface area (Å²) >= 11 is 1.41. The number of aliphatic hydroxyl groups is 1. The predicted molar refractivity (Wildman–Crippen MR) is 103 cm³/mol. The zero-order valence-electron chi connectivity index (χ0n) is 15.4. The van der Waals surface area contributed by atoms with Crippen molar-refractivity contribution in [2.45, 2.75) is 13.0 Å². The number of carbonyl (C=O) groups excluding carboxylic acids is 2. The number of thiophene rings is 1. The molecule has 0 unspecified atom stereocenters. The highest BCUT2D eigenvalue weighted by Crippen LogP contribution is 2.40. The number of aryl methyl sites for hydroxylation is 1. The van der Waals surface area contributed by atoms with Crippen LogP contribution in [-0.2, 0) is 9.59 Å². The molecule has 0 spiro atoms. The van der Waals surface area contributed by atoms with Crippen LogP contribution in [0.25, 0.3) is 5.76 Å². The number of aliphatic hydroxyl groups excluding tert-OH is 1. The Kier molecular flexibility index (Phi) is 5.43. The average Bonchev–Trinajstić information content (AvgIpc) is 3.23. The lowest BCUT2D eigenvalue weighted by molar-refractivity contribution is -0.140. The molecule has 1 amide bonds. The molecule has 1 fully saturated rings. The lowest BCUT2D eigenvalue weighted by Crippen LogP contribution is -2.35. The van der Waals surface area contributed by atoms with Gasteiger partial charge < -0.3 is 14.9 Å². The molecule has 0 bridgehead atoms. The van der Waals surface area contributed by atoms with E-state index in [0.29, 0.717) is 18.7 Å². The number of rotatable bonds is 5. The smallest absolute Gasteiger partial charge is 0.295 e. The maximum Gasteiger partial charge on any atom is 0.295 e. The molecule has 0 aliphatic carbocycles. The van der Waals surface area contributed by atoms with Crippen molar-refractivity contribution in [3.05, 3.63) is 63.1 Å². The van der Waals surface area contributed by atoms with Gasteiger partial charge in [-0.3, -0.25) is 9.59 Å². The molecule has 2 heterocycles. The van der Waals surface area contributed by atoms with Crippen molar-refractivity contribution >= 4 is 28.8 Å². The molecule has 2 aromatic rings. The number of likely N-dealkylation sites (tertiary alicyclic amines) is 1. The molecule has 1 aliphatic rings. The minimum Gasteiger partial charge on any atom is -0.507 e. The molecular formula is C20H21FN2O3S. The number of hydrogen-bond donors (Lipinski definition) is 1. The van der Waals surface area contributed by atoms with E-state index in [4.69, 9.17) is 0 Å². The molecule has 1 aliphatic heterocycles. The van der Waals surface area contributed by atoms with E-state index in [1.54, 1.807) is 13.0 Å². The second-order valence-electron chi connectivity index (χ2n) is 6.78. The van der Waals surface area contributed by atoms with Gasteiger partial charge in [0, 0.05) is 23.5 Å². The first kappa shape index (κ1) is 19.3. The van der Waals surface area contributed by atoms with Crippen LogP contribution in [0.3, 0.4) is 0 Å². The molecular weight excluding hydrogens is 367 g/mol. The fourth-order valence-corrected chi connectivity index (χ4v) is 3.90. The van der Waals surface area contributed by atoms with Gasteiger partial charge in [-0.1, -0.05) is 18.2 Å². The van der Waals surface area contributed by atoms with Gasteiger partial charge in [-0.2, -0.15) is 0 Å². The Labute approximate surface area is 161 Å². The second kappa shape index (κ2) is 7.62. The number of benzene rings is 1. The third kappa shape index (κ3) is 3.65. The molecule has 1 aromatic carbocycles. The topological polar surface area (TPSA) is 60.9 Å². The van der Waals surface area contributed by atoms with Crippen molar-refractivity contribution in [2.75, 3.05) is 27.2 Å². The van der Waals surface area contributed by atoms with E-state index in [1.807, 2.05) is 36.5 Å². The van der Waals surface area contributed by atoms with E-state index < -0.39 is 23.5 Å². The molecule has 27 heavy (non-hydrogen) atoms. The van der Waals surface area contributed by atoms with E-state index in [2.05, 4.69) is 0 Å². The van der Waals surface area contributed by atoms with Crippen LogP contribution >= 0.6 is 11.3 Å². The predicted octanol–water partition coefficient (Wildman–Crippen LogP) is 3.18. The summed E-state index contributed by atoms with van der Waals surface area (Å²) < 4.78 is 14.0. The van der Waals surface area contributed by atoms with Gasteiger partial charge in [-0.25, -0.2) is 4.39 Å². The molecule has 1 atom stereocenters. The Balaban J connectivity index is 2.12. The van der Waals surface area contributed by atoms with Crippen LogP contribution < -0.4 is 0 Å². The van der Waals surface area contributed by atoms with Gasteiger partial charge in [0.15, 0.2) is 0 Å². The number of nitrogens with zero attached hydrogens (tertiary/aromatic N) is 2. The summed E-state index contributed by atoms with van der Waals surface area (Å²) in [5, 5.41) is 12.6. The fourth-order valence-electron chi connectivity index (χ4n) is 3.06. The Morgan fingerprint density at radius 2 is 2.04 bits per heavy atom. The highest BCUT2D eigenvalue weighted by Gasteiger charge is 2.46. The number of likely N-dealkylation sites (N-methyl/N-ethyl adjacent to an activating group) is 1. The van der Waals surface area contributed by atoms with Gasteiger partial charge in [0.2, 0.25) is 0 Å². The number of hydrogen-bond acceptors (Lipinski definition) is 5. The van der Waals surface area contributed by atoms with Crippen LogP contribution in [0.4, 0.5) is 4.39 Å². The van der Waals surface area contributed by atoms with Crippen LogP contribution in [0.2, 0.25) is 0 Å². The summed E-state index contributed by atoms with van der Waals surface area (Å²) in [6, 6.07) is 7.25. The Morgan fingerprint density at radius 3 is 2.63 bits per heavy atom. The number of Topliss-reactive ketones (excluding diaryl/α,β-unsaturated/α-hetero) is 1. The standard InChI is InChI=1S/C20H21FN2O3S/c1-12-6-7-13(11-14(12)21)18(24)16-17(15-5-4-10-27-15)23(9-8-22(2)3)20(26)19(16)25/h4-7,10-11,17,24H,8-9H2,1-3H3/t17-/m1/s1. The Hall–Kier alpha value is -2.51. The Morgan fingerprint density at radius 1 is 1.30 bits per heavy atom. The van der Waals surface area contributed by atoms with Crippen LogP contribution in [0.1, 0.15) is 22.0 Å². The number of carbonyl (C=O) groups is 2. The van der Waals surface area contributed by atoms with E-state index in [0.717, 1.165) is 4.88 Å². The number of amides is 1. The summed E-state index contributed by atoms with van der Waals surface area (Å²) in [4.78, 5) is 29.5. The van der Waals surface area contributed by atoms with E-state index in [9.17, 15) is 19.1 Å². The van der Waals surface area contributed by atoms with Crippen LogP contribution in [0, 0.1) is 12.7 Å². The normalized spacial score (nSPS) is 19.3. The zero-order chi connectivity index (χ0) is 19.7. The third-order valence-corrected chi connectivity index (χ3v) is 5.51. The SMILES string of the molecule is Cc1ccc(C(O)=C2C(=O)C(=O)N(CCN(C)C)[C@@H]2c2cccs2)cc1F. The molecule has 5 nitrogen and oxygen atoms in total. The lowest BCUT2D eigenvalue weighted by atomic mass is 9.99. The van der Waals surface area contributed by atoms with E-state index in [1.165, 1.54) is 28.4 Å². The van der Waals surface area contributed by atoms with Crippen molar-refractivity contribution in [3.63, 3.8) is 0 Å². The quantitative estimate of drug-likeness (QED) is 0.486. The van der Waals surface area contributed by atoms with Gasteiger partial charge in [0.25, 0.3) is 11.7 Å². The highest BCUT2D eigenvalue weighted by atomic mass is 32.1. The fraction of sp³-hybridized carbons (Fsp3) is 0.300. The Bertz CT molecular complexity index is 906. The van der Waals surface area contributed by atoms with Crippen LogP contribution in [0.5, 0.6) is 0 Å². The van der Waals surface area contributed by atoms with Crippen molar-refractivity contribution < 1.29 is 19.1 Å². The van der Waals surface area contributed by atoms with Crippen LogP contribution in [-0.4, -0.2) is 53.8 Å². The van der Waals surface area contributed by atoms with E-state index >= 15 is 0 Å². The summed E-state index contributed by atoms with van der Waals surface area (Å²) in [7, 11) is 3.76. The van der Waals surface area contributed by atoms with Gasteiger partial charge in [0.05, 0.1) is 11.6 Å². The summed E-state index contributed by atoms with van der Waals surface area (Å²) in [5.41, 5.74) is 0.627. The molecule has 7 heteroatoms. The van der Waals surface area contributed by atoms with Gasteiger partial charge >= 0.3 is 0 Å². The largest absolute Gasteiger partial charge is 0.507 e. The van der Waals surface area contributed by atoms with Crippen molar-refractivity contribution in [2.24, 2.45) is 0 Å². The lowest BCUT2D eigenvalue weighted by Gasteiger charge is -2.25. The molecule has 1 N–H and O–H groups in total. The molecule has 0 radical (unpaired) electrons. The number of halogens is 1. The monoisotopic (exact) mass is 388 g/mol. The first-order chi connectivity index (χ1) is 12.8. The van der Waals surface area contributed by atoms with Crippen LogP contribution in [0.15, 0.2) is 41.3 Å². The summed E-state index contributed by atoms with van der Waals surface area (Å²) in [5.74, 6) is -2.22. The van der Waals surface area contributed by atoms with Crippen molar-refractivity contribution in [1.29, 1.82) is 0 Å². The van der Waals surface area contributed by atoms with E-state index in [-0.39, 0.29) is 16.9 Å². The first-order valence-electron chi connectivity index (χ1n) is 8.54. The minimum atomic E-state index is -0.745. The third-order valence-electron chi connectivity index (χ3n) is 4.59. The first-order valence-corrected chi connectivity index (χ1v) is 9.42. The molecule has 1 aromatic heterocycles. The highest BCUT2D eigenvalue weighted by molar-refractivity contribution is 7.10. The maximum absolute atomic E-state index is 14.0. The molecule has 3 rings (SSSR count).